The van der Waals surface area contributed by atoms with Crippen molar-refractivity contribution in [1.82, 2.24) is 14.8 Å². The Bertz CT molecular complexity index is 560. The Hall–Kier alpha value is -1.20. The summed E-state index contributed by atoms with van der Waals surface area (Å²) in [5.74, 6) is 1.66. The number of halogens is 1. The molecule has 1 unspecified atom stereocenters. The molecule has 4 nitrogen and oxygen atoms in total. The predicted octanol–water partition coefficient (Wildman–Crippen LogP) is 2.54. The summed E-state index contributed by atoms with van der Waals surface area (Å²) < 4.78 is 2.90. The molecule has 1 atom stereocenters. The van der Waals surface area contributed by atoms with E-state index in [0.717, 1.165) is 28.2 Å². The number of benzene rings is 1. The summed E-state index contributed by atoms with van der Waals surface area (Å²) in [7, 11) is 0. The first-order chi connectivity index (χ1) is 8.47. The fourth-order valence-corrected chi connectivity index (χ4v) is 2.35. The molecule has 96 valence electrons. The summed E-state index contributed by atoms with van der Waals surface area (Å²) in [5.41, 5.74) is 8.12. The molecule has 0 spiro atoms. The third-order valence-electron chi connectivity index (χ3n) is 2.69. The molecule has 0 saturated carbocycles. The molecule has 0 amide bonds. The number of hydrogen-bond acceptors (Lipinski definition) is 3. The summed E-state index contributed by atoms with van der Waals surface area (Å²) in [6.45, 7) is 5.86. The van der Waals surface area contributed by atoms with Crippen LogP contribution in [-0.4, -0.2) is 20.8 Å². The van der Waals surface area contributed by atoms with Crippen molar-refractivity contribution in [1.29, 1.82) is 0 Å². The Morgan fingerprint density at radius 1 is 1.39 bits per heavy atom. The van der Waals surface area contributed by atoms with Crippen molar-refractivity contribution in [2.24, 2.45) is 5.73 Å². The molecule has 5 heteroatoms. The molecule has 0 fully saturated rings. The number of nitrogens with two attached hydrogens (primary N) is 1. The van der Waals surface area contributed by atoms with Crippen LogP contribution in [0.1, 0.15) is 24.1 Å². The summed E-state index contributed by atoms with van der Waals surface area (Å²) >= 11 is 3.50. The molecule has 0 saturated heterocycles. The average Bonchev–Trinajstić information content (AvgIpc) is 2.60. The Balaban J connectivity index is 2.54. The van der Waals surface area contributed by atoms with Gasteiger partial charge < -0.3 is 5.73 Å². The molecule has 2 rings (SSSR count). The van der Waals surface area contributed by atoms with E-state index in [1.807, 2.05) is 31.5 Å². The lowest BCUT2D eigenvalue weighted by Crippen LogP contribution is -2.19. The van der Waals surface area contributed by atoms with Crippen molar-refractivity contribution in [3.05, 3.63) is 39.9 Å². The van der Waals surface area contributed by atoms with Crippen LogP contribution in [0.4, 0.5) is 0 Å². The van der Waals surface area contributed by atoms with Crippen LogP contribution in [0.3, 0.4) is 0 Å². The fourth-order valence-electron chi connectivity index (χ4n) is 2.00. The highest BCUT2D eigenvalue weighted by Crippen LogP contribution is 2.22. The molecule has 0 aliphatic carbocycles. The average molecular weight is 309 g/mol. The van der Waals surface area contributed by atoms with Gasteiger partial charge in [-0.3, -0.25) is 0 Å². The minimum atomic E-state index is 0.120. The van der Waals surface area contributed by atoms with Gasteiger partial charge in [-0.05, 0) is 44.9 Å². The van der Waals surface area contributed by atoms with Gasteiger partial charge in [0, 0.05) is 10.5 Å². The lowest BCUT2D eigenvalue weighted by atomic mass is 10.1. The van der Waals surface area contributed by atoms with Gasteiger partial charge in [0.25, 0.3) is 0 Å². The minimum Gasteiger partial charge on any atom is -0.328 e. The number of rotatable bonds is 3. The summed E-state index contributed by atoms with van der Waals surface area (Å²) in [5, 5.41) is 4.43. The highest BCUT2D eigenvalue weighted by Gasteiger charge is 2.11. The third-order valence-corrected chi connectivity index (χ3v) is 3.19. The van der Waals surface area contributed by atoms with Crippen molar-refractivity contribution in [3.63, 3.8) is 0 Å². The molecule has 1 aromatic carbocycles. The van der Waals surface area contributed by atoms with E-state index in [9.17, 15) is 0 Å². The monoisotopic (exact) mass is 308 g/mol. The molecule has 0 aliphatic rings. The first-order valence-electron chi connectivity index (χ1n) is 5.92. The van der Waals surface area contributed by atoms with Crippen LogP contribution in [0.5, 0.6) is 0 Å². The van der Waals surface area contributed by atoms with Crippen LogP contribution in [0, 0.1) is 13.8 Å². The number of nitrogens with zero attached hydrogens (tertiary/aromatic N) is 3. The molecule has 18 heavy (non-hydrogen) atoms. The standard InChI is InChI=1S/C13H17BrN4/c1-8(15)6-11-4-5-12(14)7-13(11)18-10(3)16-9(2)17-18/h4-5,7-8H,6,15H2,1-3H3. The van der Waals surface area contributed by atoms with Crippen LogP contribution in [-0.2, 0) is 6.42 Å². The number of hydrogen-bond donors (Lipinski definition) is 1. The minimum absolute atomic E-state index is 0.120. The normalized spacial score (nSPS) is 12.7. The van der Waals surface area contributed by atoms with Crippen LogP contribution >= 0.6 is 15.9 Å². The topological polar surface area (TPSA) is 56.7 Å². The Morgan fingerprint density at radius 3 is 2.67 bits per heavy atom. The van der Waals surface area contributed by atoms with Crippen LogP contribution < -0.4 is 5.73 Å². The number of aromatic nitrogens is 3. The van der Waals surface area contributed by atoms with Crippen molar-refractivity contribution in [2.75, 3.05) is 0 Å². The van der Waals surface area contributed by atoms with E-state index < -0.39 is 0 Å². The first kappa shape index (κ1) is 13.2. The highest BCUT2D eigenvalue weighted by molar-refractivity contribution is 9.10. The van der Waals surface area contributed by atoms with E-state index in [1.54, 1.807) is 0 Å². The summed E-state index contributed by atoms with van der Waals surface area (Å²) in [6, 6.07) is 6.29. The van der Waals surface area contributed by atoms with Gasteiger partial charge >= 0.3 is 0 Å². The molecule has 2 aromatic rings. The molecular formula is C13H17BrN4. The Labute approximate surface area is 115 Å². The van der Waals surface area contributed by atoms with Crippen molar-refractivity contribution in [3.8, 4) is 5.69 Å². The summed E-state index contributed by atoms with van der Waals surface area (Å²) in [4.78, 5) is 4.34. The molecular weight excluding hydrogens is 292 g/mol. The lowest BCUT2D eigenvalue weighted by Gasteiger charge is -2.13. The molecule has 0 bridgehead atoms. The van der Waals surface area contributed by atoms with E-state index in [2.05, 4.69) is 38.1 Å². The maximum atomic E-state index is 5.90. The quantitative estimate of drug-likeness (QED) is 0.948. The van der Waals surface area contributed by atoms with Gasteiger partial charge in [-0.2, -0.15) is 5.10 Å². The maximum absolute atomic E-state index is 5.90. The SMILES string of the molecule is Cc1nc(C)n(-c2cc(Br)ccc2CC(C)N)n1. The molecule has 1 aromatic heterocycles. The van der Waals surface area contributed by atoms with E-state index >= 15 is 0 Å². The second kappa shape index (κ2) is 5.20. The zero-order valence-corrected chi connectivity index (χ0v) is 12.4. The summed E-state index contributed by atoms with van der Waals surface area (Å²) in [6.07, 6.45) is 0.820. The van der Waals surface area contributed by atoms with Gasteiger partial charge in [-0.15, -0.1) is 0 Å². The van der Waals surface area contributed by atoms with Gasteiger partial charge in [0.2, 0.25) is 0 Å². The number of aryl methyl sites for hydroxylation is 2. The van der Waals surface area contributed by atoms with E-state index in [0.29, 0.717) is 0 Å². The van der Waals surface area contributed by atoms with Crippen molar-refractivity contribution >= 4 is 15.9 Å². The molecule has 1 heterocycles. The van der Waals surface area contributed by atoms with Crippen molar-refractivity contribution in [2.45, 2.75) is 33.2 Å². The van der Waals surface area contributed by atoms with Crippen LogP contribution in [0.15, 0.2) is 22.7 Å². The van der Waals surface area contributed by atoms with Gasteiger partial charge in [0.1, 0.15) is 11.6 Å². The first-order valence-corrected chi connectivity index (χ1v) is 6.71. The van der Waals surface area contributed by atoms with E-state index in [-0.39, 0.29) is 6.04 Å². The van der Waals surface area contributed by atoms with Gasteiger partial charge in [-0.1, -0.05) is 22.0 Å². The maximum Gasteiger partial charge on any atom is 0.148 e. The Morgan fingerprint density at radius 2 is 2.11 bits per heavy atom. The smallest absolute Gasteiger partial charge is 0.148 e. The fraction of sp³-hybridized carbons (Fsp3) is 0.385. The van der Waals surface area contributed by atoms with Gasteiger partial charge in [0.05, 0.1) is 5.69 Å². The van der Waals surface area contributed by atoms with Gasteiger partial charge in [0.15, 0.2) is 0 Å². The van der Waals surface area contributed by atoms with Gasteiger partial charge in [-0.25, -0.2) is 9.67 Å². The second-order valence-corrected chi connectivity index (χ2v) is 5.49. The van der Waals surface area contributed by atoms with Crippen LogP contribution in [0.2, 0.25) is 0 Å². The highest BCUT2D eigenvalue weighted by atomic mass is 79.9. The largest absolute Gasteiger partial charge is 0.328 e. The lowest BCUT2D eigenvalue weighted by molar-refractivity contribution is 0.723. The van der Waals surface area contributed by atoms with E-state index in [1.165, 1.54) is 5.56 Å². The second-order valence-electron chi connectivity index (χ2n) is 4.57. The zero-order valence-electron chi connectivity index (χ0n) is 10.8. The zero-order chi connectivity index (χ0) is 13.3. The van der Waals surface area contributed by atoms with Crippen molar-refractivity contribution < 1.29 is 0 Å². The predicted molar refractivity (Wildman–Crippen MR) is 75.9 cm³/mol. The third kappa shape index (κ3) is 2.79. The Kier molecular flexibility index (Phi) is 3.82. The molecule has 0 radical (unpaired) electrons. The molecule has 0 aliphatic heterocycles. The van der Waals surface area contributed by atoms with E-state index in [4.69, 9.17) is 5.73 Å². The van der Waals surface area contributed by atoms with Crippen LogP contribution in [0.25, 0.3) is 5.69 Å². The molecule has 2 N–H and O–H groups in total.